The number of hydrogen-bond donors (Lipinski definition) is 3. The summed E-state index contributed by atoms with van der Waals surface area (Å²) < 4.78 is 0.435. The highest BCUT2D eigenvalue weighted by molar-refractivity contribution is 9.10. The Morgan fingerprint density at radius 1 is 1.73 bits per heavy atom. The average Bonchev–Trinajstić information content (AvgIpc) is 2.21. The Labute approximate surface area is 96.6 Å². The van der Waals surface area contributed by atoms with Crippen LogP contribution in [-0.2, 0) is 0 Å². The molecule has 5 nitrogen and oxygen atoms in total. The molecule has 1 atom stereocenters. The van der Waals surface area contributed by atoms with Crippen LogP contribution >= 0.6 is 15.9 Å². The zero-order valence-electron chi connectivity index (χ0n) is 8.59. The van der Waals surface area contributed by atoms with Crippen LogP contribution in [0.25, 0.3) is 0 Å². The molecule has 0 saturated heterocycles. The van der Waals surface area contributed by atoms with Crippen LogP contribution in [0, 0.1) is 5.92 Å². The van der Waals surface area contributed by atoms with Crippen LogP contribution in [0.4, 0.5) is 5.82 Å². The minimum absolute atomic E-state index is 0.182. The first kappa shape index (κ1) is 12.2. The third kappa shape index (κ3) is 3.64. The summed E-state index contributed by atoms with van der Waals surface area (Å²) in [6, 6.07) is 0. The van der Waals surface area contributed by atoms with E-state index in [1.54, 1.807) is 0 Å². The molecule has 0 saturated carbocycles. The molecule has 0 aromatic carbocycles. The molecule has 0 aliphatic rings. The number of H-pyrrole nitrogens is 1. The Bertz CT molecular complexity index is 365. The molecule has 0 aliphatic carbocycles. The van der Waals surface area contributed by atoms with Crippen molar-refractivity contribution in [1.82, 2.24) is 9.97 Å². The van der Waals surface area contributed by atoms with Crippen LogP contribution in [0.5, 0.6) is 0 Å². The van der Waals surface area contributed by atoms with Gasteiger partial charge in [0, 0.05) is 6.54 Å². The SMILES string of the molecule is CC(CCN)CNc1nc[nH]c(=O)c1Br. The zero-order chi connectivity index (χ0) is 11.3. The van der Waals surface area contributed by atoms with Crippen molar-refractivity contribution < 1.29 is 0 Å². The monoisotopic (exact) mass is 274 g/mol. The van der Waals surface area contributed by atoms with Gasteiger partial charge < -0.3 is 16.0 Å². The number of aromatic amines is 1. The van der Waals surface area contributed by atoms with Crippen LogP contribution in [0.3, 0.4) is 0 Å². The summed E-state index contributed by atoms with van der Waals surface area (Å²) in [5.41, 5.74) is 5.26. The highest BCUT2D eigenvalue weighted by Gasteiger charge is 2.06. The van der Waals surface area contributed by atoms with E-state index < -0.39 is 0 Å². The molecule has 0 amide bonds. The van der Waals surface area contributed by atoms with Gasteiger partial charge in [-0.05, 0) is 34.8 Å². The largest absolute Gasteiger partial charge is 0.369 e. The lowest BCUT2D eigenvalue weighted by atomic mass is 10.1. The van der Waals surface area contributed by atoms with Crippen molar-refractivity contribution in [3.05, 3.63) is 21.2 Å². The molecular formula is C9H15BrN4O. The van der Waals surface area contributed by atoms with Gasteiger partial charge in [-0.2, -0.15) is 0 Å². The van der Waals surface area contributed by atoms with Gasteiger partial charge in [0.15, 0.2) is 0 Å². The number of halogens is 1. The summed E-state index contributed by atoms with van der Waals surface area (Å²) in [6.07, 6.45) is 2.33. The van der Waals surface area contributed by atoms with E-state index in [-0.39, 0.29) is 5.56 Å². The summed E-state index contributed by atoms with van der Waals surface area (Å²) in [4.78, 5) is 17.7. The van der Waals surface area contributed by atoms with E-state index in [2.05, 4.69) is 38.1 Å². The van der Waals surface area contributed by atoms with E-state index in [1.165, 1.54) is 6.33 Å². The van der Waals surface area contributed by atoms with Crippen molar-refractivity contribution in [2.45, 2.75) is 13.3 Å². The van der Waals surface area contributed by atoms with Crippen LogP contribution in [0.15, 0.2) is 15.6 Å². The minimum Gasteiger partial charge on any atom is -0.369 e. The maximum Gasteiger partial charge on any atom is 0.267 e. The van der Waals surface area contributed by atoms with Crippen molar-refractivity contribution in [2.75, 3.05) is 18.4 Å². The Hall–Kier alpha value is -0.880. The van der Waals surface area contributed by atoms with E-state index in [0.717, 1.165) is 13.0 Å². The first-order chi connectivity index (χ1) is 7.15. The van der Waals surface area contributed by atoms with E-state index in [1.807, 2.05) is 0 Å². The molecule has 15 heavy (non-hydrogen) atoms. The molecule has 4 N–H and O–H groups in total. The van der Waals surface area contributed by atoms with Gasteiger partial charge in [-0.3, -0.25) is 4.79 Å². The van der Waals surface area contributed by atoms with Gasteiger partial charge in [0.1, 0.15) is 10.3 Å². The summed E-state index contributed by atoms with van der Waals surface area (Å²) in [5.74, 6) is 1.03. The lowest BCUT2D eigenvalue weighted by molar-refractivity contribution is 0.567. The molecule has 0 fully saturated rings. The number of rotatable bonds is 5. The summed E-state index contributed by atoms with van der Waals surface area (Å²) >= 11 is 3.18. The molecule has 1 rings (SSSR count). The maximum absolute atomic E-state index is 11.2. The quantitative estimate of drug-likeness (QED) is 0.746. The lowest BCUT2D eigenvalue weighted by Crippen LogP contribution is -2.18. The standard InChI is InChI=1S/C9H15BrN4O/c1-6(2-3-11)4-12-8-7(10)9(15)14-5-13-8/h5-6H,2-4,11H2,1H3,(H2,12,13,14,15). The molecule has 1 aromatic rings. The molecule has 1 heterocycles. The van der Waals surface area contributed by atoms with Gasteiger partial charge in [-0.25, -0.2) is 4.98 Å². The molecule has 0 spiro atoms. The molecule has 6 heteroatoms. The van der Waals surface area contributed by atoms with E-state index in [4.69, 9.17) is 5.73 Å². The molecule has 0 bridgehead atoms. The fourth-order valence-electron chi connectivity index (χ4n) is 1.16. The molecule has 1 aromatic heterocycles. The first-order valence-corrected chi connectivity index (χ1v) is 5.61. The predicted octanol–water partition coefficient (Wildman–Crippen LogP) is 0.929. The Balaban J connectivity index is 2.58. The van der Waals surface area contributed by atoms with Gasteiger partial charge in [-0.1, -0.05) is 6.92 Å². The number of nitrogens with two attached hydrogens (primary N) is 1. The molecule has 84 valence electrons. The van der Waals surface area contributed by atoms with Crippen molar-refractivity contribution in [3.8, 4) is 0 Å². The second-order valence-electron chi connectivity index (χ2n) is 3.46. The second-order valence-corrected chi connectivity index (χ2v) is 4.25. The third-order valence-electron chi connectivity index (χ3n) is 2.07. The Morgan fingerprint density at radius 2 is 2.47 bits per heavy atom. The number of aromatic nitrogens is 2. The highest BCUT2D eigenvalue weighted by atomic mass is 79.9. The van der Waals surface area contributed by atoms with Crippen LogP contribution in [0.1, 0.15) is 13.3 Å². The van der Waals surface area contributed by atoms with Crippen molar-refractivity contribution in [3.63, 3.8) is 0 Å². The summed E-state index contributed by atoms with van der Waals surface area (Å²) in [6.45, 7) is 3.53. The first-order valence-electron chi connectivity index (χ1n) is 4.82. The molecule has 0 radical (unpaired) electrons. The number of hydrogen-bond acceptors (Lipinski definition) is 4. The topological polar surface area (TPSA) is 83.8 Å². The van der Waals surface area contributed by atoms with Crippen molar-refractivity contribution >= 4 is 21.7 Å². The summed E-state index contributed by atoms with van der Waals surface area (Å²) in [7, 11) is 0. The zero-order valence-corrected chi connectivity index (χ0v) is 10.2. The lowest BCUT2D eigenvalue weighted by Gasteiger charge is -2.12. The molecular weight excluding hydrogens is 260 g/mol. The molecule has 0 aliphatic heterocycles. The fraction of sp³-hybridized carbons (Fsp3) is 0.556. The average molecular weight is 275 g/mol. The van der Waals surface area contributed by atoms with E-state index >= 15 is 0 Å². The number of nitrogens with one attached hydrogen (secondary N) is 2. The summed E-state index contributed by atoms with van der Waals surface area (Å²) in [5, 5.41) is 3.10. The van der Waals surface area contributed by atoms with Crippen molar-refractivity contribution in [1.29, 1.82) is 0 Å². The van der Waals surface area contributed by atoms with E-state index in [0.29, 0.717) is 22.8 Å². The van der Waals surface area contributed by atoms with Gasteiger partial charge in [0.2, 0.25) is 0 Å². The Morgan fingerprint density at radius 3 is 3.13 bits per heavy atom. The van der Waals surface area contributed by atoms with Crippen LogP contribution in [-0.4, -0.2) is 23.1 Å². The molecule has 1 unspecified atom stereocenters. The van der Waals surface area contributed by atoms with Crippen LogP contribution < -0.4 is 16.6 Å². The van der Waals surface area contributed by atoms with Gasteiger partial charge >= 0.3 is 0 Å². The van der Waals surface area contributed by atoms with Crippen molar-refractivity contribution in [2.24, 2.45) is 11.7 Å². The van der Waals surface area contributed by atoms with Crippen LogP contribution in [0.2, 0.25) is 0 Å². The third-order valence-corrected chi connectivity index (χ3v) is 2.81. The van der Waals surface area contributed by atoms with E-state index in [9.17, 15) is 4.79 Å². The minimum atomic E-state index is -0.182. The number of nitrogens with zero attached hydrogens (tertiary/aromatic N) is 1. The maximum atomic E-state index is 11.2. The second kappa shape index (κ2) is 5.87. The smallest absolute Gasteiger partial charge is 0.267 e. The van der Waals surface area contributed by atoms with Gasteiger partial charge in [-0.15, -0.1) is 0 Å². The van der Waals surface area contributed by atoms with Gasteiger partial charge in [0.05, 0.1) is 6.33 Å². The fourth-order valence-corrected chi connectivity index (χ4v) is 1.52. The Kier molecular flexibility index (Phi) is 4.77. The van der Waals surface area contributed by atoms with Gasteiger partial charge in [0.25, 0.3) is 5.56 Å². The normalized spacial score (nSPS) is 12.5. The number of anilines is 1. The highest BCUT2D eigenvalue weighted by Crippen LogP contribution is 2.13. The predicted molar refractivity (Wildman–Crippen MR) is 63.9 cm³/mol.